The zero-order chi connectivity index (χ0) is 13.0. The minimum atomic E-state index is -0.486. The molecule has 0 saturated carbocycles. The van der Waals surface area contributed by atoms with Crippen LogP contribution in [-0.2, 0) is 0 Å². The van der Waals surface area contributed by atoms with Gasteiger partial charge >= 0.3 is 0 Å². The first-order valence-corrected chi connectivity index (χ1v) is 6.58. The van der Waals surface area contributed by atoms with E-state index in [-0.39, 0.29) is 5.75 Å². The van der Waals surface area contributed by atoms with Crippen molar-refractivity contribution in [3.8, 4) is 5.75 Å². The van der Waals surface area contributed by atoms with Crippen molar-refractivity contribution in [1.29, 1.82) is 0 Å². The van der Waals surface area contributed by atoms with Crippen LogP contribution >= 0.6 is 0 Å². The van der Waals surface area contributed by atoms with E-state index < -0.39 is 6.10 Å². The van der Waals surface area contributed by atoms with E-state index in [9.17, 15) is 10.2 Å². The highest BCUT2D eigenvalue weighted by Crippen LogP contribution is 2.21. The van der Waals surface area contributed by atoms with Crippen molar-refractivity contribution in [1.82, 2.24) is 4.90 Å². The van der Waals surface area contributed by atoms with Gasteiger partial charge in [0, 0.05) is 6.54 Å². The van der Waals surface area contributed by atoms with Gasteiger partial charge in [-0.3, -0.25) is 0 Å². The highest BCUT2D eigenvalue weighted by Gasteiger charge is 2.20. The number of benzene rings is 1. The minimum Gasteiger partial charge on any atom is -0.508 e. The Balaban J connectivity index is 1.84. The fourth-order valence-corrected chi connectivity index (χ4v) is 2.45. The lowest BCUT2D eigenvalue weighted by Gasteiger charge is -2.32. The van der Waals surface area contributed by atoms with Crippen LogP contribution in [0.2, 0.25) is 0 Å². The van der Waals surface area contributed by atoms with E-state index in [2.05, 4.69) is 4.90 Å². The molecule has 1 unspecified atom stereocenters. The molecule has 0 amide bonds. The van der Waals surface area contributed by atoms with Crippen LogP contribution in [0.3, 0.4) is 0 Å². The first kappa shape index (κ1) is 13.3. The second kappa shape index (κ2) is 6.18. The Hall–Kier alpha value is -1.10. The number of phenolic OH excluding ortho intramolecular Hbond substituents is 1. The summed E-state index contributed by atoms with van der Waals surface area (Å²) in [6.07, 6.45) is 1.76. The van der Waals surface area contributed by atoms with Gasteiger partial charge in [-0.2, -0.15) is 0 Å². The van der Waals surface area contributed by atoms with Crippen molar-refractivity contribution in [3.05, 3.63) is 29.8 Å². The Morgan fingerprint density at radius 3 is 2.39 bits per heavy atom. The zero-order valence-electron chi connectivity index (χ0n) is 10.6. The minimum absolute atomic E-state index is 0.231. The van der Waals surface area contributed by atoms with Crippen LogP contribution < -0.4 is 5.73 Å². The van der Waals surface area contributed by atoms with Gasteiger partial charge in [-0.1, -0.05) is 12.1 Å². The molecule has 100 valence electrons. The Labute approximate surface area is 108 Å². The largest absolute Gasteiger partial charge is 0.508 e. The maximum Gasteiger partial charge on any atom is 0.115 e. The maximum atomic E-state index is 10.1. The molecule has 1 saturated heterocycles. The maximum absolute atomic E-state index is 10.1. The van der Waals surface area contributed by atoms with Gasteiger partial charge in [0.05, 0.1) is 6.10 Å². The highest BCUT2D eigenvalue weighted by atomic mass is 16.3. The molecular weight excluding hydrogens is 228 g/mol. The topological polar surface area (TPSA) is 69.7 Å². The van der Waals surface area contributed by atoms with Crippen LogP contribution in [0.15, 0.2) is 24.3 Å². The molecular formula is C14H22N2O2. The lowest BCUT2D eigenvalue weighted by molar-refractivity contribution is 0.0903. The summed E-state index contributed by atoms with van der Waals surface area (Å²) in [5.41, 5.74) is 6.52. The monoisotopic (exact) mass is 250 g/mol. The Bertz CT molecular complexity index is 359. The summed E-state index contributed by atoms with van der Waals surface area (Å²) in [5, 5.41) is 19.4. The summed E-state index contributed by atoms with van der Waals surface area (Å²) in [7, 11) is 0. The fraction of sp³-hybridized carbons (Fsp3) is 0.571. The Morgan fingerprint density at radius 2 is 1.83 bits per heavy atom. The lowest BCUT2D eigenvalue weighted by atomic mass is 9.96. The third-order valence-electron chi connectivity index (χ3n) is 3.75. The van der Waals surface area contributed by atoms with Crippen LogP contribution in [0.1, 0.15) is 24.5 Å². The number of piperidine rings is 1. The zero-order valence-corrected chi connectivity index (χ0v) is 10.6. The van der Waals surface area contributed by atoms with Crippen LogP contribution in [0.4, 0.5) is 0 Å². The molecule has 0 radical (unpaired) electrons. The van der Waals surface area contributed by atoms with Gasteiger partial charge < -0.3 is 20.8 Å². The molecule has 4 heteroatoms. The first-order chi connectivity index (χ1) is 8.69. The van der Waals surface area contributed by atoms with Gasteiger partial charge in [0.1, 0.15) is 5.75 Å². The molecule has 1 aromatic rings. The third-order valence-corrected chi connectivity index (χ3v) is 3.75. The fourth-order valence-electron chi connectivity index (χ4n) is 2.45. The molecule has 1 fully saturated rings. The molecule has 1 atom stereocenters. The van der Waals surface area contributed by atoms with Gasteiger partial charge in [-0.05, 0) is 56.1 Å². The van der Waals surface area contributed by atoms with Crippen molar-refractivity contribution in [2.24, 2.45) is 11.7 Å². The van der Waals surface area contributed by atoms with E-state index in [4.69, 9.17) is 5.73 Å². The van der Waals surface area contributed by atoms with Crippen LogP contribution in [0.25, 0.3) is 0 Å². The number of aliphatic hydroxyl groups excluding tert-OH is 1. The van der Waals surface area contributed by atoms with Gasteiger partial charge in [0.25, 0.3) is 0 Å². The molecule has 1 aliphatic heterocycles. The number of β-amino-alcohol motifs (C(OH)–C–C–N with tert-alkyl or cyclic N) is 1. The summed E-state index contributed by atoms with van der Waals surface area (Å²) >= 11 is 0. The number of aliphatic hydroxyl groups is 1. The lowest BCUT2D eigenvalue weighted by Crippen LogP contribution is -2.38. The number of rotatable bonds is 4. The van der Waals surface area contributed by atoms with Crippen LogP contribution in [0.5, 0.6) is 5.75 Å². The smallest absolute Gasteiger partial charge is 0.115 e. The van der Waals surface area contributed by atoms with Crippen molar-refractivity contribution < 1.29 is 10.2 Å². The number of hydrogen-bond donors (Lipinski definition) is 3. The van der Waals surface area contributed by atoms with Crippen molar-refractivity contribution in [2.45, 2.75) is 18.9 Å². The Morgan fingerprint density at radius 1 is 1.22 bits per heavy atom. The second-order valence-electron chi connectivity index (χ2n) is 5.09. The second-order valence-corrected chi connectivity index (χ2v) is 5.09. The SMILES string of the molecule is NCC1CCN(CC(O)c2ccc(O)cc2)CC1. The standard InChI is InChI=1S/C14H22N2O2/c15-9-11-5-7-16(8-6-11)10-14(18)12-1-3-13(17)4-2-12/h1-4,11,14,17-18H,5-10,15H2. The van der Waals surface area contributed by atoms with E-state index in [1.54, 1.807) is 24.3 Å². The van der Waals surface area contributed by atoms with Crippen LogP contribution in [-0.4, -0.2) is 41.3 Å². The summed E-state index contributed by atoms with van der Waals surface area (Å²) in [6.45, 7) is 3.45. The van der Waals surface area contributed by atoms with Crippen molar-refractivity contribution in [2.75, 3.05) is 26.2 Å². The third kappa shape index (κ3) is 3.45. The van der Waals surface area contributed by atoms with E-state index in [1.807, 2.05) is 0 Å². The van der Waals surface area contributed by atoms with Crippen molar-refractivity contribution >= 4 is 0 Å². The molecule has 1 aliphatic rings. The summed E-state index contributed by atoms with van der Waals surface area (Å²) in [4.78, 5) is 2.28. The molecule has 1 heterocycles. The quantitative estimate of drug-likeness (QED) is 0.748. The summed E-state index contributed by atoms with van der Waals surface area (Å²) in [5.74, 6) is 0.877. The van der Waals surface area contributed by atoms with E-state index in [0.717, 1.165) is 38.0 Å². The Kier molecular flexibility index (Phi) is 4.58. The average Bonchev–Trinajstić information content (AvgIpc) is 2.40. The molecule has 18 heavy (non-hydrogen) atoms. The number of hydrogen-bond acceptors (Lipinski definition) is 4. The molecule has 4 nitrogen and oxygen atoms in total. The van der Waals surface area contributed by atoms with E-state index in [1.165, 1.54) is 0 Å². The molecule has 0 aromatic heterocycles. The van der Waals surface area contributed by atoms with E-state index >= 15 is 0 Å². The number of aromatic hydroxyl groups is 1. The van der Waals surface area contributed by atoms with Gasteiger partial charge in [0.15, 0.2) is 0 Å². The van der Waals surface area contributed by atoms with Crippen LogP contribution in [0, 0.1) is 5.92 Å². The average molecular weight is 250 g/mol. The van der Waals surface area contributed by atoms with Gasteiger partial charge in [0.2, 0.25) is 0 Å². The number of nitrogens with two attached hydrogens (primary N) is 1. The first-order valence-electron chi connectivity index (χ1n) is 6.58. The van der Waals surface area contributed by atoms with Crippen molar-refractivity contribution in [3.63, 3.8) is 0 Å². The summed E-state index contributed by atoms with van der Waals surface area (Å²) < 4.78 is 0. The van der Waals surface area contributed by atoms with E-state index in [0.29, 0.717) is 12.5 Å². The number of likely N-dealkylation sites (tertiary alicyclic amines) is 1. The van der Waals surface area contributed by atoms with Gasteiger partial charge in [-0.25, -0.2) is 0 Å². The molecule has 2 rings (SSSR count). The summed E-state index contributed by atoms with van der Waals surface area (Å²) in [6, 6.07) is 6.76. The molecule has 0 spiro atoms. The normalized spacial score (nSPS) is 19.9. The van der Waals surface area contributed by atoms with Gasteiger partial charge in [-0.15, -0.1) is 0 Å². The number of phenols is 1. The predicted octanol–water partition coefficient (Wildman–Crippen LogP) is 1.10. The number of nitrogens with zero attached hydrogens (tertiary/aromatic N) is 1. The molecule has 0 aliphatic carbocycles. The highest BCUT2D eigenvalue weighted by molar-refractivity contribution is 5.27. The molecule has 4 N–H and O–H groups in total. The molecule has 0 bridgehead atoms. The predicted molar refractivity (Wildman–Crippen MR) is 71.3 cm³/mol. The molecule has 1 aromatic carbocycles.